The molecule has 0 radical (unpaired) electrons. The molecule has 1 aromatic rings. The van der Waals surface area contributed by atoms with E-state index in [9.17, 15) is 0 Å². The van der Waals surface area contributed by atoms with Crippen LogP contribution in [0.15, 0.2) is 22.8 Å². The largest absolute Gasteiger partial charge is 0.463 e. The maximum absolute atomic E-state index is 5.52. The molecule has 0 unspecified atom stereocenters. The van der Waals surface area contributed by atoms with Crippen LogP contribution >= 0.6 is 0 Å². The summed E-state index contributed by atoms with van der Waals surface area (Å²) in [5, 5.41) is 0. The number of nitrogens with one attached hydrogen (secondary N) is 1. The molecule has 1 aliphatic heterocycles. The van der Waals surface area contributed by atoms with Crippen molar-refractivity contribution in [3.05, 3.63) is 24.2 Å². The van der Waals surface area contributed by atoms with Crippen molar-refractivity contribution in [2.75, 3.05) is 19.6 Å². The van der Waals surface area contributed by atoms with Gasteiger partial charge in [0, 0.05) is 0 Å². The van der Waals surface area contributed by atoms with Crippen LogP contribution in [-0.4, -0.2) is 19.6 Å². The highest BCUT2D eigenvalue weighted by atomic mass is 16.3. The zero-order valence-electron chi connectivity index (χ0n) is 9.37. The average molecular weight is 210 g/mol. The minimum atomic E-state index is 0.470. The maximum atomic E-state index is 5.52. The first kappa shape index (κ1) is 10.7. The van der Waals surface area contributed by atoms with E-state index in [4.69, 9.17) is 4.42 Å². The Balaban J connectivity index is 2.04. The summed E-state index contributed by atoms with van der Waals surface area (Å²) in [6.45, 7) is 3.49. The van der Waals surface area contributed by atoms with Crippen molar-refractivity contribution in [3.63, 3.8) is 0 Å². The number of hydrogen-bond acceptors (Lipinski definition) is 1. The summed E-state index contributed by atoms with van der Waals surface area (Å²) in [4.78, 5) is 1.66. The number of furan rings is 1. The third-order valence-electron chi connectivity index (χ3n) is 3.41. The monoisotopic (exact) mass is 210 g/mol. The molecule has 1 saturated heterocycles. The number of quaternary nitrogens is 2. The molecule has 1 aromatic heterocycles. The Hall–Kier alpha value is -0.800. The normalized spacial score (nSPS) is 21.1. The SMILES string of the molecule is [NH3+]C[C@H](c1ccco1)[NH+]1CCCCCC1. The van der Waals surface area contributed by atoms with Crippen LogP contribution in [-0.2, 0) is 0 Å². The Kier molecular flexibility index (Phi) is 3.80. The van der Waals surface area contributed by atoms with Gasteiger partial charge in [0.15, 0.2) is 11.8 Å². The molecule has 3 heteroatoms. The standard InChI is InChI=1S/C12H20N2O/c13-10-11(12-6-5-9-15-12)14-7-3-1-2-4-8-14/h5-6,9,11H,1-4,7-8,10,13H2/p+2/t11-/m1/s1. The average Bonchev–Trinajstić information content (AvgIpc) is 2.63. The molecule has 4 N–H and O–H groups in total. The van der Waals surface area contributed by atoms with E-state index >= 15 is 0 Å². The highest BCUT2D eigenvalue weighted by molar-refractivity contribution is 5.01. The summed E-state index contributed by atoms with van der Waals surface area (Å²) in [6.07, 6.45) is 7.27. The number of hydrogen-bond donors (Lipinski definition) is 2. The van der Waals surface area contributed by atoms with Gasteiger partial charge in [-0.1, -0.05) is 0 Å². The van der Waals surface area contributed by atoms with Crippen molar-refractivity contribution in [2.24, 2.45) is 0 Å². The van der Waals surface area contributed by atoms with Crippen LogP contribution in [0.1, 0.15) is 37.5 Å². The van der Waals surface area contributed by atoms with Gasteiger partial charge in [-0.3, -0.25) is 0 Å². The molecule has 0 bridgehead atoms. The lowest BCUT2D eigenvalue weighted by molar-refractivity contribution is -0.938. The summed E-state index contributed by atoms with van der Waals surface area (Å²) in [6, 6.07) is 4.54. The van der Waals surface area contributed by atoms with Gasteiger partial charge >= 0.3 is 0 Å². The smallest absolute Gasteiger partial charge is 0.195 e. The fraction of sp³-hybridized carbons (Fsp3) is 0.667. The van der Waals surface area contributed by atoms with E-state index in [1.165, 1.54) is 38.8 Å². The predicted molar refractivity (Wildman–Crippen MR) is 58.4 cm³/mol. The molecule has 0 aromatic carbocycles. The topological polar surface area (TPSA) is 45.2 Å². The van der Waals surface area contributed by atoms with Crippen molar-refractivity contribution in [1.82, 2.24) is 0 Å². The lowest BCUT2D eigenvalue weighted by atomic mass is 10.2. The highest BCUT2D eigenvalue weighted by Gasteiger charge is 2.27. The van der Waals surface area contributed by atoms with Gasteiger partial charge < -0.3 is 15.1 Å². The van der Waals surface area contributed by atoms with E-state index in [1.807, 2.05) is 6.07 Å². The Morgan fingerprint density at radius 3 is 2.53 bits per heavy atom. The Bertz CT molecular complexity index is 263. The van der Waals surface area contributed by atoms with Gasteiger partial charge in [0.05, 0.1) is 19.4 Å². The molecule has 1 fully saturated rings. The minimum absolute atomic E-state index is 0.470. The van der Waals surface area contributed by atoms with Gasteiger partial charge in [0.2, 0.25) is 0 Å². The summed E-state index contributed by atoms with van der Waals surface area (Å²) < 4.78 is 5.52. The zero-order chi connectivity index (χ0) is 10.5. The molecular formula is C12H22N2O+2. The van der Waals surface area contributed by atoms with Crippen molar-refractivity contribution in [2.45, 2.75) is 31.7 Å². The van der Waals surface area contributed by atoms with Crippen molar-refractivity contribution < 1.29 is 15.1 Å². The molecule has 1 atom stereocenters. The summed E-state index contributed by atoms with van der Waals surface area (Å²) in [7, 11) is 0. The molecule has 0 amide bonds. The molecule has 15 heavy (non-hydrogen) atoms. The van der Waals surface area contributed by atoms with Crippen LogP contribution < -0.4 is 10.6 Å². The molecule has 0 spiro atoms. The Labute approximate surface area is 91.2 Å². The lowest BCUT2D eigenvalue weighted by Gasteiger charge is -2.23. The molecule has 0 saturated carbocycles. The quantitative estimate of drug-likeness (QED) is 0.726. The van der Waals surface area contributed by atoms with Crippen molar-refractivity contribution >= 4 is 0 Å². The van der Waals surface area contributed by atoms with Gasteiger partial charge in [0.25, 0.3) is 0 Å². The van der Waals surface area contributed by atoms with Crippen molar-refractivity contribution in [1.29, 1.82) is 0 Å². The first-order valence-corrected chi connectivity index (χ1v) is 6.09. The second-order valence-electron chi connectivity index (χ2n) is 4.43. The maximum Gasteiger partial charge on any atom is 0.195 e. The zero-order valence-corrected chi connectivity index (χ0v) is 9.37. The molecule has 2 rings (SSSR count). The van der Waals surface area contributed by atoms with Crippen LogP contribution in [0.25, 0.3) is 0 Å². The van der Waals surface area contributed by atoms with Gasteiger partial charge in [-0.25, -0.2) is 0 Å². The molecule has 84 valence electrons. The van der Waals surface area contributed by atoms with Gasteiger partial charge in [0.1, 0.15) is 6.54 Å². The van der Waals surface area contributed by atoms with E-state index in [1.54, 1.807) is 11.2 Å². The van der Waals surface area contributed by atoms with Crippen LogP contribution in [0.2, 0.25) is 0 Å². The number of rotatable bonds is 3. The summed E-state index contributed by atoms with van der Waals surface area (Å²) >= 11 is 0. The van der Waals surface area contributed by atoms with Crippen LogP contribution in [0.5, 0.6) is 0 Å². The van der Waals surface area contributed by atoms with Crippen LogP contribution in [0.3, 0.4) is 0 Å². The van der Waals surface area contributed by atoms with E-state index in [0.29, 0.717) is 6.04 Å². The predicted octanol–water partition coefficient (Wildman–Crippen LogP) is 0.0215. The third kappa shape index (κ3) is 2.61. The van der Waals surface area contributed by atoms with Crippen LogP contribution in [0.4, 0.5) is 0 Å². The molecule has 3 nitrogen and oxygen atoms in total. The molecule has 0 aliphatic carbocycles. The fourth-order valence-electron chi connectivity index (χ4n) is 2.57. The van der Waals surface area contributed by atoms with Gasteiger partial charge in [-0.2, -0.15) is 0 Å². The second kappa shape index (κ2) is 5.33. The first-order chi connectivity index (χ1) is 7.42. The van der Waals surface area contributed by atoms with Crippen LogP contribution in [0, 0.1) is 0 Å². The number of likely N-dealkylation sites (tertiary alicyclic amines) is 1. The van der Waals surface area contributed by atoms with E-state index in [2.05, 4.69) is 11.8 Å². The second-order valence-corrected chi connectivity index (χ2v) is 4.43. The molecular weight excluding hydrogens is 188 g/mol. The van der Waals surface area contributed by atoms with Crippen molar-refractivity contribution in [3.8, 4) is 0 Å². The Morgan fingerprint density at radius 2 is 2.00 bits per heavy atom. The van der Waals surface area contributed by atoms with E-state index < -0.39 is 0 Å². The summed E-state index contributed by atoms with van der Waals surface area (Å²) in [5.41, 5.74) is 4.07. The Morgan fingerprint density at radius 1 is 1.27 bits per heavy atom. The van der Waals surface area contributed by atoms with E-state index in [-0.39, 0.29) is 0 Å². The summed E-state index contributed by atoms with van der Waals surface area (Å²) in [5.74, 6) is 1.11. The van der Waals surface area contributed by atoms with Gasteiger partial charge in [-0.15, -0.1) is 0 Å². The molecule has 2 heterocycles. The highest BCUT2D eigenvalue weighted by Crippen LogP contribution is 2.10. The third-order valence-corrected chi connectivity index (χ3v) is 3.41. The minimum Gasteiger partial charge on any atom is -0.463 e. The fourth-order valence-corrected chi connectivity index (χ4v) is 2.57. The first-order valence-electron chi connectivity index (χ1n) is 6.09. The van der Waals surface area contributed by atoms with Gasteiger partial charge in [-0.05, 0) is 37.8 Å². The van der Waals surface area contributed by atoms with E-state index in [0.717, 1.165) is 12.3 Å². The molecule has 1 aliphatic rings. The lowest BCUT2D eigenvalue weighted by Crippen LogP contribution is -3.13.